The largest absolute Gasteiger partial charge is 0.495 e. The van der Waals surface area contributed by atoms with Gasteiger partial charge in [0.25, 0.3) is 0 Å². The van der Waals surface area contributed by atoms with E-state index in [0.29, 0.717) is 22.4 Å². The standard InChI is InChI=1S/C17H17N5O2S/c1-22-16(12-6-5-9-18-10-12)20-21-17(22)25-11-15(23)19-13-7-3-4-8-14(13)24-2/h3-10H,11H2,1-2H3,(H,19,23). The second-order valence-corrected chi connectivity index (χ2v) is 6.09. The molecule has 0 bridgehead atoms. The van der Waals surface area contributed by atoms with E-state index in [1.54, 1.807) is 31.6 Å². The van der Waals surface area contributed by atoms with Gasteiger partial charge in [-0.2, -0.15) is 0 Å². The summed E-state index contributed by atoms with van der Waals surface area (Å²) in [6.07, 6.45) is 3.44. The number of benzene rings is 1. The molecule has 1 N–H and O–H groups in total. The Balaban J connectivity index is 1.64. The van der Waals surface area contributed by atoms with Crippen LogP contribution < -0.4 is 10.1 Å². The Morgan fingerprint density at radius 2 is 2.08 bits per heavy atom. The second kappa shape index (κ2) is 7.80. The molecular weight excluding hydrogens is 338 g/mol. The van der Waals surface area contributed by atoms with Crippen molar-refractivity contribution in [2.75, 3.05) is 18.2 Å². The van der Waals surface area contributed by atoms with E-state index in [9.17, 15) is 4.79 Å². The number of anilines is 1. The number of rotatable bonds is 6. The quantitative estimate of drug-likeness (QED) is 0.685. The van der Waals surface area contributed by atoms with Crippen molar-refractivity contribution < 1.29 is 9.53 Å². The molecule has 1 aromatic carbocycles. The number of pyridine rings is 1. The molecule has 3 rings (SSSR count). The van der Waals surface area contributed by atoms with Crippen molar-refractivity contribution in [3.63, 3.8) is 0 Å². The van der Waals surface area contributed by atoms with Gasteiger partial charge in [-0.25, -0.2) is 0 Å². The smallest absolute Gasteiger partial charge is 0.234 e. The van der Waals surface area contributed by atoms with Crippen LogP contribution in [0.5, 0.6) is 5.75 Å². The van der Waals surface area contributed by atoms with E-state index in [0.717, 1.165) is 5.56 Å². The Bertz CT molecular complexity index is 866. The van der Waals surface area contributed by atoms with E-state index in [1.165, 1.54) is 11.8 Å². The maximum atomic E-state index is 12.2. The van der Waals surface area contributed by atoms with Crippen molar-refractivity contribution in [3.05, 3.63) is 48.8 Å². The van der Waals surface area contributed by atoms with Crippen LogP contribution in [-0.2, 0) is 11.8 Å². The third kappa shape index (κ3) is 3.97. The van der Waals surface area contributed by atoms with Crippen molar-refractivity contribution in [1.82, 2.24) is 19.7 Å². The number of methoxy groups -OCH3 is 1. The fourth-order valence-electron chi connectivity index (χ4n) is 2.25. The molecule has 0 aliphatic carbocycles. The second-order valence-electron chi connectivity index (χ2n) is 5.14. The molecule has 0 aliphatic rings. The zero-order valence-corrected chi connectivity index (χ0v) is 14.7. The van der Waals surface area contributed by atoms with Crippen LogP contribution in [0.4, 0.5) is 5.69 Å². The van der Waals surface area contributed by atoms with Gasteiger partial charge < -0.3 is 14.6 Å². The van der Waals surface area contributed by atoms with Gasteiger partial charge in [-0.3, -0.25) is 9.78 Å². The van der Waals surface area contributed by atoms with Gasteiger partial charge in [0.15, 0.2) is 11.0 Å². The highest BCUT2D eigenvalue weighted by Crippen LogP contribution is 2.25. The molecule has 0 atom stereocenters. The SMILES string of the molecule is COc1ccccc1NC(=O)CSc1nnc(-c2cccnc2)n1C. The van der Waals surface area contributed by atoms with E-state index in [-0.39, 0.29) is 11.7 Å². The van der Waals surface area contributed by atoms with E-state index in [1.807, 2.05) is 35.9 Å². The van der Waals surface area contributed by atoms with Crippen molar-refractivity contribution in [1.29, 1.82) is 0 Å². The highest BCUT2D eigenvalue weighted by Gasteiger charge is 2.13. The summed E-state index contributed by atoms with van der Waals surface area (Å²) in [5.74, 6) is 1.41. The number of carbonyl (C=O) groups is 1. The lowest BCUT2D eigenvalue weighted by Gasteiger charge is -2.09. The van der Waals surface area contributed by atoms with Crippen molar-refractivity contribution in [2.24, 2.45) is 7.05 Å². The first kappa shape index (κ1) is 17.0. The molecule has 0 saturated heterocycles. The Kier molecular flexibility index (Phi) is 5.30. The Morgan fingerprint density at radius 3 is 2.84 bits per heavy atom. The minimum Gasteiger partial charge on any atom is -0.495 e. The summed E-state index contributed by atoms with van der Waals surface area (Å²) in [5, 5.41) is 11.8. The summed E-state index contributed by atoms with van der Waals surface area (Å²) in [7, 11) is 3.43. The molecule has 2 aromatic heterocycles. The fourth-order valence-corrected chi connectivity index (χ4v) is 2.96. The van der Waals surface area contributed by atoms with Crippen LogP contribution in [-0.4, -0.2) is 38.5 Å². The molecule has 0 spiro atoms. The summed E-state index contributed by atoms with van der Waals surface area (Å²) in [4.78, 5) is 16.3. The van der Waals surface area contributed by atoms with Crippen LogP contribution in [0.15, 0.2) is 53.9 Å². The molecule has 3 aromatic rings. The van der Waals surface area contributed by atoms with E-state index < -0.39 is 0 Å². The lowest BCUT2D eigenvalue weighted by molar-refractivity contribution is -0.113. The Morgan fingerprint density at radius 1 is 1.24 bits per heavy atom. The number of carbonyl (C=O) groups excluding carboxylic acids is 1. The minimum atomic E-state index is -0.138. The number of hydrogen-bond donors (Lipinski definition) is 1. The lowest BCUT2D eigenvalue weighted by Crippen LogP contribution is -2.15. The minimum absolute atomic E-state index is 0.138. The van der Waals surface area contributed by atoms with Crippen LogP contribution in [0.25, 0.3) is 11.4 Å². The number of para-hydroxylation sites is 2. The Labute approximate surface area is 149 Å². The molecule has 25 heavy (non-hydrogen) atoms. The van der Waals surface area contributed by atoms with Crippen molar-refractivity contribution in [3.8, 4) is 17.1 Å². The van der Waals surface area contributed by atoms with Gasteiger partial charge in [-0.1, -0.05) is 23.9 Å². The zero-order chi connectivity index (χ0) is 17.6. The van der Waals surface area contributed by atoms with Gasteiger partial charge in [-0.15, -0.1) is 10.2 Å². The van der Waals surface area contributed by atoms with Gasteiger partial charge in [0, 0.05) is 25.0 Å². The molecule has 8 heteroatoms. The molecule has 7 nitrogen and oxygen atoms in total. The average molecular weight is 355 g/mol. The van der Waals surface area contributed by atoms with Crippen LogP contribution in [0.2, 0.25) is 0 Å². The first-order valence-electron chi connectivity index (χ1n) is 7.54. The van der Waals surface area contributed by atoms with Gasteiger partial charge >= 0.3 is 0 Å². The van der Waals surface area contributed by atoms with Gasteiger partial charge in [0.05, 0.1) is 18.6 Å². The first-order valence-corrected chi connectivity index (χ1v) is 8.53. The van der Waals surface area contributed by atoms with Gasteiger partial charge in [0.2, 0.25) is 5.91 Å². The van der Waals surface area contributed by atoms with Crippen LogP contribution in [0, 0.1) is 0 Å². The number of amides is 1. The maximum Gasteiger partial charge on any atom is 0.234 e. The predicted octanol–water partition coefficient (Wildman–Crippen LogP) is 2.62. The number of aromatic nitrogens is 4. The fraction of sp³-hybridized carbons (Fsp3) is 0.176. The topological polar surface area (TPSA) is 81.9 Å². The zero-order valence-electron chi connectivity index (χ0n) is 13.8. The molecule has 2 heterocycles. The number of hydrogen-bond acceptors (Lipinski definition) is 6. The number of thioether (sulfide) groups is 1. The normalized spacial score (nSPS) is 10.5. The molecule has 0 radical (unpaired) electrons. The Hall–Kier alpha value is -2.87. The highest BCUT2D eigenvalue weighted by atomic mass is 32.2. The van der Waals surface area contributed by atoms with E-state index >= 15 is 0 Å². The van der Waals surface area contributed by atoms with Crippen LogP contribution in [0.3, 0.4) is 0 Å². The molecular formula is C17H17N5O2S. The van der Waals surface area contributed by atoms with Crippen LogP contribution in [0.1, 0.15) is 0 Å². The lowest BCUT2D eigenvalue weighted by atomic mass is 10.3. The third-order valence-corrected chi connectivity index (χ3v) is 4.49. The third-order valence-electron chi connectivity index (χ3n) is 3.47. The summed E-state index contributed by atoms with van der Waals surface area (Å²) in [6, 6.07) is 11.0. The number of nitrogens with one attached hydrogen (secondary N) is 1. The first-order chi connectivity index (χ1) is 12.2. The summed E-state index contributed by atoms with van der Waals surface area (Å²) in [5.41, 5.74) is 1.52. The average Bonchev–Trinajstić information content (AvgIpc) is 3.02. The molecule has 1 amide bonds. The van der Waals surface area contributed by atoms with Crippen molar-refractivity contribution in [2.45, 2.75) is 5.16 Å². The van der Waals surface area contributed by atoms with Crippen molar-refractivity contribution >= 4 is 23.4 Å². The molecule has 0 aliphatic heterocycles. The van der Waals surface area contributed by atoms with E-state index in [4.69, 9.17) is 4.74 Å². The van der Waals surface area contributed by atoms with Gasteiger partial charge in [-0.05, 0) is 24.3 Å². The molecule has 0 fully saturated rings. The maximum absolute atomic E-state index is 12.2. The number of nitrogens with zero attached hydrogens (tertiary/aromatic N) is 4. The predicted molar refractivity (Wildman–Crippen MR) is 96.6 cm³/mol. The molecule has 0 saturated carbocycles. The summed E-state index contributed by atoms with van der Waals surface area (Å²) < 4.78 is 7.07. The highest BCUT2D eigenvalue weighted by molar-refractivity contribution is 7.99. The van der Waals surface area contributed by atoms with Gasteiger partial charge in [0.1, 0.15) is 5.75 Å². The number of ether oxygens (including phenoxy) is 1. The molecule has 0 unspecified atom stereocenters. The summed E-state index contributed by atoms with van der Waals surface area (Å²) >= 11 is 1.32. The van der Waals surface area contributed by atoms with E-state index in [2.05, 4.69) is 20.5 Å². The molecule has 128 valence electrons. The summed E-state index contributed by atoms with van der Waals surface area (Å²) in [6.45, 7) is 0. The monoisotopic (exact) mass is 355 g/mol. The van der Waals surface area contributed by atoms with Crippen LogP contribution >= 0.6 is 11.8 Å².